The molecule has 126 valence electrons. The maximum atomic E-state index is 7.55. The highest BCUT2D eigenvalue weighted by atomic mass is 35.5. The molecule has 0 aliphatic carbocycles. The fourth-order valence-corrected chi connectivity index (χ4v) is 1.92. The number of nitrogens with zero attached hydrogens (tertiary/aromatic N) is 1. The Hall–Kier alpha value is -2.01. The van der Waals surface area contributed by atoms with E-state index in [1.165, 1.54) is 14.2 Å². The highest BCUT2D eigenvalue weighted by Gasteiger charge is 2.11. The molecule has 0 aliphatic rings. The van der Waals surface area contributed by atoms with Gasteiger partial charge in [-0.1, -0.05) is 32.0 Å². The van der Waals surface area contributed by atoms with Crippen molar-refractivity contribution in [3.8, 4) is 5.75 Å². The molecule has 0 spiro atoms. The summed E-state index contributed by atoms with van der Waals surface area (Å²) in [6.45, 7) is 8.45. The minimum absolute atomic E-state index is 0.109. The fourth-order valence-electron chi connectivity index (χ4n) is 1.72. The summed E-state index contributed by atoms with van der Waals surface area (Å²) in [6, 6.07) is 5.43. The highest BCUT2D eigenvalue weighted by molar-refractivity contribution is 6.30. The first-order valence-corrected chi connectivity index (χ1v) is 7.59. The molecule has 0 saturated carbocycles. The number of methoxy groups -OCH3 is 2. The summed E-state index contributed by atoms with van der Waals surface area (Å²) in [5.41, 5.74) is 1.05. The Morgan fingerprint density at radius 3 is 2.57 bits per heavy atom. The molecule has 0 aliphatic heterocycles. The van der Waals surface area contributed by atoms with Crippen molar-refractivity contribution in [2.45, 2.75) is 20.3 Å². The third-order valence-corrected chi connectivity index (χ3v) is 3.13. The van der Waals surface area contributed by atoms with Crippen molar-refractivity contribution in [2.75, 3.05) is 20.8 Å². The quantitative estimate of drug-likeness (QED) is 0.601. The minimum Gasteiger partial charge on any atom is -0.493 e. The fraction of sp³-hybridized carbons (Fsp3) is 0.412. The number of halogens is 1. The Balaban J connectivity index is 2.99. The lowest BCUT2D eigenvalue weighted by molar-refractivity contribution is 0.268. The highest BCUT2D eigenvalue weighted by Crippen LogP contribution is 2.24. The second-order valence-corrected chi connectivity index (χ2v) is 5.76. The molecular formula is C17H23ClN2O3. The summed E-state index contributed by atoms with van der Waals surface area (Å²) in [6.07, 6.45) is 0.375. The summed E-state index contributed by atoms with van der Waals surface area (Å²) < 4.78 is 15.9. The van der Waals surface area contributed by atoms with E-state index in [1.54, 1.807) is 6.07 Å². The van der Waals surface area contributed by atoms with Crippen molar-refractivity contribution >= 4 is 23.4 Å². The molecule has 0 heterocycles. The molecule has 1 rings (SSSR count). The Morgan fingerprint density at radius 1 is 1.30 bits per heavy atom. The van der Waals surface area contributed by atoms with Crippen molar-refractivity contribution in [3.05, 3.63) is 41.1 Å². The van der Waals surface area contributed by atoms with Crippen LogP contribution in [0.25, 0.3) is 0 Å². The zero-order valence-corrected chi connectivity index (χ0v) is 14.7. The van der Waals surface area contributed by atoms with Gasteiger partial charge in [0.1, 0.15) is 11.4 Å². The second-order valence-electron chi connectivity index (χ2n) is 5.32. The van der Waals surface area contributed by atoms with E-state index in [1.807, 2.05) is 12.1 Å². The first-order valence-electron chi connectivity index (χ1n) is 7.22. The van der Waals surface area contributed by atoms with Crippen LogP contribution in [0.15, 0.2) is 35.5 Å². The van der Waals surface area contributed by atoms with Crippen LogP contribution >= 0.6 is 11.6 Å². The van der Waals surface area contributed by atoms with E-state index in [2.05, 4.69) is 25.4 Å². The lowest BCUT2D eigenvalue weighted by atomic mass is 10.1. The molecule has 0 radical (unpaired) electrons. The molecular weight excluding hydrogens is 316 g/mol. The summed E-state index contributed by atoms with van der Waals surface area (Å²) in [7, 11) is 2.91. The molecule has 23 heavy (non-hydrogen) atoms. The average Bonchev–Trinajstić information content (AvgIpc) is 2.52. The molecule has 0 bridgehead atoms. The zero-order valence-electron chi connectivity index (χ0n) is 14.0. The Morgan fingerprint density at radius 2 is 2.00 bits per heavy atom. The first-order chi connectivity index (χ1) is 10.9. The van der Waals surface area contributed by atoms with Crippen LogP contribution in [0.3, 0.4) is 0 Å². The van der Waals surface area contributed by atoms with Gasteiger partial charge in [0.2, 0.25) is 5.90 Å². The molecule has 0 unspecified atom stereocenters. The lowest BCUT2D eigenvalue weighted by Gasteiger charge is -2.14. The number of hydrogen-bond donors (Lipinski definition) is 1. The predicted octanol–water partition coefficient (Wildman–Crippen LogP) is 4.10. The predicted molar refractivity (Wildman–Crippen MR) is 93.8 cm³/mol. The summed E-state index contributed by atoms with van der Waals surface area (Å²) in [4.78, 5) is 4.18. The van der Waals surface area contributed by atoms with E-state index < -0.39 is 0 Å². The zero-order chi connectivity index (χ0) is 17.4. The molecule has 0 fully saturated rings. The topological polar surface area (TPSA) is 63.9 Å². The van der Waals surface area contributed by atoms with Gasteiger partial charge in [-0.15, -0.1) is 0 Å². The van der Waals surface area contributed by atoms with Crippen molar-refractivity contribution in [1.82, 2.24) is 0 Å². The van der Waals surface area contributed by atoms with E-state index in [4.69, 9.17) is 31.2 Å². The van der Waals surface area contributed by atoms with E-state index in [0.717, 1.165) is 11.3 Å². The third-order valence-electron chi connectivity index (χ3n) is 2.90. The van der Waals surface area contributed by atoms with Crippen LogP contribution in [-0.4, -0.2) is 32.6 Å². The summed E-state index contributed by atoms with van der Waals surface area (Å²) in [5.74, 6) is 1.44. The number of rotatable bonds is 7. The van der Waals surface area contributed by atoms with Gasteiger partial charge in [0.05, 0.1) is 27.2 Å². The number of benzene rings is 1. The molecule has 0 saturated heterocycles. The van der Waals surface area contributed by atoms with Crippen molar-refractivity contribution in [3.63, 3.8) is 0 Å². The van der Waals surface area contributed by atoms with Crippen LogP contribution in [0.5, 0.6) is 5.75 Å². The van der Waals surface area contributed by atoms with Gasteiger partial charge in [-0.3, -0.25) is 5.41 Å². The van der Waals surface area contributed by atoms with Gasteiger partial charge in [0.15, 0.2) is 5.90 Å². The molecule has 0 atom stereocenters. The lowest BCUT2D eigenvalue weighted by Crippen LogP contribution is -2.12. The standard InChI is InChI=1S/C17H23ClN2O3/c1-11(2)10-23-15-7-6-14(18)8-13(15)9-16(21-4)20-12(3)17(19)22-5/h6-8,11,19H,3,9-10H2,1-2,4-5H3. The first kappa shape index (κ1) is 19.0. The third kappa shape index (κ3) is 6.32. The van der Waals surface area contributed by atoms with Crippen LogP contribution in [0.2, 0.25) is 5.02 Å². The molecule has 6 heteroatoms. The molecule has 1 N–H and O–H groups in total. The Kier molecular flexibility index (Phi) is 7.62. The van der Waals surface area contributed by atoms with Gasteiger partial charge >= 0.3 is 0 Å². The Labute approximate surface area is 142 Å². The Bertz CT molecular complexity index is 598. The average molecular weight is 339 g/mol. The van der Waals surface area contributed by atoms with Gasteiger partial charge in [-0.05, 0) is 24.1 Å². The number of hydrogen-bond acceptors (Lipinski definition) is 5. The molecule has 0 aromatic heterocycles. The molecule has 1 aromatic carbocycles. The number of nitrogens with one attached hydrogen (secondary N) is 1. The van der Waals surface area contributed by atoms with Gasteiger partial charge in [0, 0.05) is 10.6 Å². The van der Waals surface area contributed by atoms with E-state index in [9.17, 15) is 0 Å². The SMILES string of the molecule is C=C(N=C(Cc1cc(Cl)ccc1OCC(C)C)OC)C(=N)OC. The van der Waals surface area contributed by atoms with Gasteiger partial charge in [-0.25, -0.2) is 4.99 Å². The van der Waals surface area contributed by atoms with E-state index >= 15 is 0 Å². The summed E-state index contributed by atoms with van der Waals surface area (Å²) >= 11 is 6.08. The minimum atomic E-state index is -0.109. The van der Waals surface area contributed by atoms with Crippen LogP contribution in [0.1, 0.15) is 19.4 Å². The van der Waals surface area contributed by atoms with E-state index in [-0.39, 0.29) is 11.6 Å². The smallest absolute Gasteiger partial charge is 0.231 e. The van der Waals surface area contributed by atoms with Crippen LogP contribution in [0, 0.1) is 11.3 Å². The van der Waals surface area contributed by atoms with Gasteiger partial charge in [-0.2, -0.15) is 0 Å². The van der Waals surface area contributed by atoms with Crippen LogP contribution in [-0.2, 0) is 15.9 Å². The van der Waals surface area contributed by atoms with Crippen LogP contribution < -0.4 is 4.74 Å². The number of aliphatic imine (C=N–C) groups is 1. The maximum absolute atomic E-state index is 7.55. The maximum Gasteiger partial charge on any atom is 0.231 e. The van der Waals surface area contributed by atoms with Crippen molar-refractivity contribution < 1.29 is 14.2 Å². The molecule has 5 nitrogen and oxygen atoms in total. The van der Waals surface area contributed by atoms with E-state index in [0.29, 0.717) is 29.9 Å². The second kappa shape index (κ2) is 9.20. The number of ether oxygens (including phenoxy) is 3. The normalized spacial score (nSPS) is 11.3. The van der Waals surface area contributed by atoms with Gasteiger partial charge in [0.25, 0.3) is 0 Å². The summed E-state index contributed by atoms with van der Waals surface area (Å²) in [5, 5.41) is 8.16. The molecule has 1 aromatic rings. The van der Waals surface area contributed by atoms with Gasteiger partial charge < -0.3 is 14.2 Å². The monoisotopic (exact) mass is 338 g/mol. The molecule has 0 amide bonds. The largest absolute Gasteiger partial charge is 0.493 e. The van der Waals surface area contributed by atoms with Crippen molar-refractivity contribution in [2.24, 2.45) is 10.9 Å². The van der Waals surface area contributed by atoms with Crippen molar-refractivity contribution in [1.29, 1.82) is 5.41 Å². The van der Waals surface area contributed by atoms with Crippen LogP contribution in [0.4, 0.5) is 0 Å².